The maximum atomic E-state index is 12.7. The molecule has 4 heteroatoms. The number of aryl methyl sites for hydroxylation is 4. The highest BCUT2D eigenvalue weighted by molar-refractivity contribution is 5.94. The van der Waals surface area contributed by atoms with Crippen molar-refractivity contribution < 1.29 is 4.79 Å². The molecule has 3 rings (SSSR count). The molecule has 0 spiro atoms. The van der Waals surface area contributed by atoms with E-state index >= 15 is 0 Å². The molecule has 1 amide bonds. The van der Waals surface area contributed by atoms with Gasteiger partial charge in [0.15, 0.2) is 0 Å². The molecular weight excluding hydrogens is 334 g/mol. The second-order valence-electron chi connectivity index (χ2n) is 7.22. The molecule has 0 saturated carbocycles. The molecule has 0 aliphatic heterocycles. The first kappa shape index (κ1) is 18.9. The Bertz CT molecular complexity index is 954. The lowest BCUT2D eigenvalue weighted by Gasteiger charge is -2.18. The summed E-state index contributed by atoms with van der Waals surface area (Å²) in [6, 6.07) is 12.4. The zero-order chi connectivity index (χ0) is 19.6. The lowest BCUT2D eigenvalue weighted by molar-refractivity contribution is 0.0790. The summed E-state index contributed by atoms with van der Waals surface area (Å²) in [6.45, 7) is 9.76. The summed E-state index contributed by atoms with van der Waals surface area (Å²) in [5.74, 6) is 1.00. The van der Waals surface area contributed by atoms with Gasteiger partial charge in [0.25, 0.3) is 5.91 Å². The molecule has 0 N–H and O–H groups in total. The average Bonchev–Trinajstić information content (AvgIpc) is 3.07. The van der Waals surface area contributed by atoms with Crippen LogP contribution in [0.25, 0.3) is 11.1 Å². The van der Waals surface area contributed by atoms with E-state index in [1.165, 1.54) is 22.3 Å². The molecule has 0 aliphatic rings. The Morgan fingerprint density at radius 3 is 2.30 bits per heavy atom. The minimum absolute atomic E-state index is 0.0381. The van der Waals surface area contributed by atoms with Crippen LogP contribution in [-0.4, -0.2) is 34.0 Å². The fourth-order valence-corrected chi connectivity index (χ4v) is 3.28. The van der Waals surface area contributed by atoms with Crippen molar-refractivity contribution in [1.82, 2.24) is 14.5 Å². The number of rotatable bonds is 5. The van der Waals surface area contributed by atoms with Crippen LogP contribution in [0, 0.1) is 27.7 Å². The topological polar surface area (TPSA) is 38.1 Å². The number of aromatic nitrogens is 2. The summed E-state index contributed by atoms with van der Waals surface area (Å²) in [7, 11) is 1.84. The number of amides is 1. The molecule has 140 valence electrons. The number of carbonyl (C=O) groups is 1. The third-order valence-electron chi connectivity index (χ3n) is 5.23. The summed E-state index contributed by atoms with van der Waals surface area (Å²) >= 11 is 0. The van der Waals surface area contributed by atoms with Crippen molar-refractivity contribution in [2.75, 3.05) is 13.6 Å². The van der Waals surface area contributed by atoms with Gasteiger partial charge in [-0.2, -0.15) is 0 Å². The second-order valence-corrected chi connectivity index (χ2v) is 7.22. The Kier molecular flexibility index (Phi) is 5.45. The van der Waals surface area contributed by atoms with E-state index in [4.69, 9.17) is 0 Å². The smallest absolute Gasteiger partial charge is 0.253 e. The van der Waals surface area contributed by atoms with E-state index in [0.29, 0.717) is 12.1 Å². The predicted octanol–water partition coefficient (Wildman–Crippen LogP) is 4.56. The van der Waals surface area contributed by atoms with Crippen LogP contribution in [0.15, 0.2) is 48.8 Å². The standard InChI is InChI=1S/C23H27N3O/c1-16-14-18(3)22(15-17(16)2)20-6-8-21(9-7-20)23(27)25(5)12-13-26-11-10-24-19(26)4/h6-11,14-15H,12-13H2,1-5H3. The minimum atomic E-state index is 0.0381. The van der Waals surface area contributed by atoms with Crippen LogP contribution in [0.2, 0.25) is 0 Å². The van der Waals surface area contributed by atoms with Gasteiger partial charge in [-0.15, -0.1) is 0 Å². The monoisotopic (exact) mass is 361 g/mol. The summed E-state index contributed by atoms with van der Waals surface area (Å²) in [4.78, 5) is 18.7. The summed E-state index contributed by atoms with van der Waals surface area (Å²) < 4.78 is 2.05. The highest BCUT2D eigenvalue weighted by Gasteiger charge is 2.13. The van der Waals surface area contributed by atoms with Crippen molar-refractivity contribution in [2.24, 2.45) is 0 Å². The first-order valence-corrected chi connectivity index (χ1v) is 9.28. The number of hydrogen-bond acceptors (Lipinski definition) is 2. The molecule has 2 aromatic carbocycles. The number of benzene rings is 2. The van der Waals surface area contributed by atoms with Gasteiger partial charge in [-0.3, -0.25) is 4.79 Å². The normalized spacial score (nSPS) is 10.9. The molecule has 27 heavy (non-hydrogen) atoms. The Balaban J connectivity index is 1.72. The maximum Gasteiger partial charge on any atom is 0.253 e. The fourth-order valence-electron chi connectivity index (χ4n) is 3.28. The molecule has 0 atom stereocenters. The second kappa shape index (κ2) is 7.78. The molecule has 4 nitrogen and oxygen atoms in total. The first-order valence-electron chi connectivity index (χ1n) is 9.28. The number of likely N-dealkylation sites (N-methyl/N-ethyl adjacent to an activating group) is 1. The van der Waals surface area contributed by atoms with Crippen molar-refractivity contribution in [3.8, 4) is 11.1 Å². The van der Waals surface area contributed by atoms with Crippen LogP contribution in [0.3, 0.4) is 0 Å². The van der Waals surface area contributed by atoms with Gasteiger partial charge >= 0.3 is 0 Å². The molecular formula is C23H27N3O. The first-order chi connectivity index (χ1) is 12.9. The molecule has 0 radical (unpaired) electrons. The van der Waals surface area contributed by atoms with E-state index in [0.717, 1.165) is 17.9 Å². The maximum absolute atomic E-state index is 12.7. The van der Waals surface area contributed by atoms with E-state index in [1.54, 1.807) is 11.1 Å². The number of nitrogens with zero attached hydrogens (tertiary/aromatic N) is 3. The van der Waals surface area contributed by atoms with E-state index in [9.17, 15) is 4.79 Å². The lowest BCUT2D eigenvalue weighted by Crippen LogP contribution is -2.30. The average molecular weight is 361 g/mol. The Morgan fingerprint density at radius 2 is 1.67 bits per heavy atom. The van der Waals surface area contributed by atoms with E-state index < -0.39 is 0 Å². The molecule has 0 aliphatic carbocycles. The molecule has 3 aromatic rings. The summed E-state index contributed by atoms with van der Waals surface area (Å²) in [6.07, 6.45) is 3.72. The Hall–Kier alpha value is -2.88. The highest BCUT2D eigenvalue weighted by Crippen LogP contribution is 2.26. The van der Waals surface area contributed by atoms with E-state index in [-0.39, 0.29) is 5.91 Å². The molecule has 0 fully saturated rings. The van der Waals surface area contributed by atoms with Crippen LogP contribution >= 0.6 is 0 Å². The van der Waals surface area contributed by atoms with Crippen molar-refractivity contribution >= 4 is 5.91 Å². The number of hydrogen-bond donors (Lipinski definition) is 0. The van der Waals surface area contributed by atoms with Crippen LogP contribution in [-0.2, 0) is 6.54 Å². The van der Waals surface area contributed by atoms with Gasteiger partial charge in [0.05, 0.1) is 0 Å². The van der Waals surface area contributed by atoms with E-state index in [2.05, 4.69) is 42.5 Å². The SMILES string of the molecule is Cc1cc(C)c(-c2ccc(C(=O)N(C)CCn3ccnc3C)cc2)cc1C. The summed E-state index contributed by atoms with van der Waals surface area (Å²) in [5.41, 5.74) is 6.92. The summed E-state index contributed by atoms with van der Waals surface area (Å²) in [5, 5.41) is 0. The number of imidazole rings is 1. The van der Waals surface area contributed by atoms with Crippen molar-refractivity contribution in [1.29, 1.82) is 0 Å². The Labute approximate surface area is 161 Å². The third-order valence-corrected chi connectivity index (χ3v) is 5.23. The molecule has 1 aromatic heterocycles. The van der Waals surface area contributed by atoms with Crippen LogP contribution in [0.5, 0.6) is 0 Å². The third kappa shape index (κ3) is 4.11. The van der Waals surface area contributed by atoms with Crippen LogP contribution in [0.1, 0.15) is 32.9 Å². The molecule has 1 heterocycles. The zero-order valence-corrected chi connectivity index (χ0v) is 16.8. The highest BCUT2D eigenvalue weighted by atomic mass is 16.2. The zero-order valence-electron chi connectivity index (χ0n) is 16.8. The van der Waals surface area contributed by atoms with Gasteiger partial charge < -0.3 is 9.47 Å². The number of carbonyl (C=O) groups excluding carboxylic acids is 1. The predicted molar refractivity (Wildman–Crippen MR) is 110 cm³/mol. The van der Waals surface area contributed by atoms with Crippen LogP contribution in [0.4, 0.5) is 0 Å². The van der Waals surface area contributed by atoms with Gasteiger partial charge in [-0.1, -0.05) is 24.3 Å². The van der Waals surface area contributed by atoms with Crippen molar-refractivity contribution in [2.45, 2.75) is 34.2 Å². The van der Waals surface area contributed by atoms with Gasteiger partial charge in [0.2, 0.25) is 0 Å². The van der Waals surface area contributed by atoms with Crippen LogP contribution < -0.4 is 0 Å². The lowest BCUT2D eigenvalue weighted by atomic mass is 9.95. The van der Waals surface area contributed by atoms with Crippen molar-refractivity contribution in [3.05, 3.63) is 76.9 Å². The van der Waals surface area contributed by atoms with Gasteiger partial charge in [0, 0.05) is 38.1 Å². The largest absolute Gasteiger partial charge is 0.340 e. The Morgan fingerprint density at radius 1 is 1.00 bits per heavy atom. The van der Waals surface area contributed by atoms with Gasteiger partial charge in [0.1, 0.15) is 5.82 Å². The van der Waals surface area contributed by atoms with E-state index in [1.807, 2.05) is 44.4 Å². The van der Waals surface area contributed by atoms with Gasteiger partial charge in [-0.05, 0) is 67.6 Å². The molecule has 0 bridgehead atoms. The quantitative estimate of drug-likeness (QED) is 0.668. The minimum Gasteiger partial charge on any atom is -0.340 e. The van der Waals surface area contributed by atoms with Crippen molar-refractivity contribution in [3.63, 3.8) is 0 Å². The fraction of sp³-hybridized carbons (Fsp3) is 0.304. The molecule has 0 unspecified atom stereocenters. The molecule has 0 saturated heterocycles. The van der Waals surface area contributed by atoms with Gasteiger partial charge in [-0.25, -0.2) is 4.98 Å².